The molecular weight excluding hydrogens is 314 g/mol. The summed E-state index contributed by atoms with van der Waals surface area (Å²) in [5.41, 5.74) is 1.32. The first-order chi connectivity index (χ1) is 12.1. The summed E-state index contributed by atoms with van der Waals surface area (Å²) in [6.07, 6.45) is 5.06. The number of nitrogens with zero attached hydrogens (tertiary/aromatic N) is 3. The van der Waals surface area contributed by atoms with E-state index in [1.165, 1.54) is 5.56 Å². The monoisotopic (exact) mass is 341 g/mol. The third-order valence-corrected chi connectivity index (χ3v) is 4.32. The molecule has 2 heterocycles. The zero-order valence-electron chi connectivity index (χ0n) is 15.3. The second kappa shape index (κ2) is 8.41. The van der Waals surface area contributed by atoms with Gasteiger partial charge in [-0.05, 0) is 49.9 Å². The number of ether oxygens (including phenoxy) is 2. The van der Waals surface area contributed by atoms with Crippen LogP contribution < -0.4 is 4.74 Å². The van der Waals surface area contributed by atoms with Crippen LogP contribution in [0.4, 0.5) is 0 Å². The van der Waals surface area contributed by atoms with Crippen molar-refractivity contribution in [3.63, 3.8) is 0 Å². The molecule has 0 spiro atoms. The van der Waals surface area contributed by atoms with Gasteiger partial charge in [0.05, 0.1) is 12.2 Å². The van der Waals surface area contributed by atoms with E-state index < -0.39 is 0 Å². The predicted octanol–water partition coefficient (Wildman–Crippen LogP) is 3.56. The maximum Gasteiger partial charge on any atom is 0.321 e. The first kappa shape index (κ1) is 17.8. The topological polar surface area (TPSA) is 47.5 Å². The molecule has 5 heteroatoms. The molecule has 1 aromatic carbocycles. The fourth-order valence-electron chi connectivity index (χ4n) is 3.48. The largest absolute Gasteiger partial charge is 0.424 e. The molecule has 0 aliphatic carbocycles. The molecule has 3 atom stereocenters. The Morgan fingerprint density at radius 1 is 1.12 bits per heavy atom. The summed E-state index contributed by atoms with van der Waals surface area (Å²) in [6.45, 7) is 9.78. The third-order valence-electron chi connectivity index (χ3n) is 4.32. The van der Waals surface area contributed by atoms with Gasteiger partial charge in [-0.3, -0.25) is 4.90 Å². The lowest BCUT2D eigenvalue weighted by molar-refractivity contribution is -0.0708. The molecule has 0 amide bonds. The van der Waals surface area contributed by atoms with Gasteiger partial charge in [0.2, 0.25) is 0 Å². The van der Waals surface area contributed by atoms with Crippen LogP contribution in [0.2, 0.25) is 0 Å². The maximum atomic E-state index is 5.81. The van der Waals surface area contributed by atoms with Gasteiger partial charge in [0.25, 0.3) is 0 Å². The normalized spacial score (nSPS) is 22.5. The zero-order valence-corrected chi connectivity index (χ0v) is 15.3. The molecule has 3 rings (SSSR count). The lowest BCUT2D eigenvalue weighted by atomic mass is 10.00. The van der Waals surface area contributed by atoms with Gasteiger partial charge in [0, 0.05) is 32.0 Å². The van der Waals surface area contributed by atoms with E-state index >= 15 is 0 Å². The van der Waals surface area contributed by atoms with Crippen molar-refractivity contribution in [3.05, 3.63) is 48.3 Å². The molecular formula is C20H27N3O2. The standard InChI is InChI=1S/C20H27N3O2/c1-15(12-23-13-16(2)24-17(3)14-23)11-18-5-7-19(8-6-18)25-20-21-9-4-10-22-20/h4-10,15-17H,11-14H2,1-3H3. The van der Waals surface area contributed by atoms with Gasteiger partial charge in [0.1, 0.15) is 5.75 Å². The van der Waals surface area contributed by atoms with E-state index in [9.17, 15) is 0 Å². The Morgan fingerprint density at radius 3 is 2.40 bits per heavy atom. The van der Waals surface area contributed by atoms with Gasteiger partial charge in [-0.2, -0.15) is 0 Å². The summed E-state index contributed by atoms with van der Waals surface area (Å²) in [4.78, 5) is 10.7. The molecule has 1 aliphatic rings. The summed E-state index contributed by atoms with van der Waals surface area (Å²) < 4.78 is 11.5. The molecule has 0 bridgehead atoms. The molecule has 1 aromatic heterocycles. The highest BCUT2D eigenvalue weighted by Crippen LogP contribution is 2.20. The van der Waals surface area contributed by atoms with Crippen molar-refractivity contribution in [2.24, 2.45) is 5.92 Å². The van der Waals surface area contributed by atoms with Crippen molar-refractivity contribution in [2.75, 3.05) is 19.6 Å². The minimum atomic E-state index is 0.326. The van der Waals surface area contributed by atoms with Gasteiger partial charge in [0.15, 0.2) is 0 Å². The number of hydrogen-bond donors (Lipinski definition) is 0. The summed E-state index contributed by atoms with van der Waals surface area (Å²) in [5.74, 6) is 1.36. The van der Waals surface area contributed by atoms with E-state index in [1.807, 2.05) is 12.1 Å². The zero-order chi connectivity index (χ0) is 17.6. The molecule has 1 aliphatic heterocycles. The van der Waals surface area contributed by atoms with E-state index in [0.717, 1.165) is 31.8 Å². The molecule has 1 saturated heterocycles. The Balaban J connectivity index is 1.50. The van der Waals surface area contributed by atoms with E-state index in [4.69, 9.17) is 9.47 Å². The van der Waals surface area contributed by atoms with Gasteiger partial charge >= 0.3 is 6.01 Å². The third kappa shape index (κ3) is 5.51. The van der Waals surface area contributed by atoms with Gasteiger partial charge in [-0.25, -0.2) is 9.97 Å². The van der Waals surface area contributed by atoms with Crippen molar-refractivity contribution in [3.8, 4) is 11.8 Å². The number of hydrogen-bond acceptors (Lipinski definition) is 5. The first-order valence-electron chi connectivity index (χ1n) is 9.00. The highest BCUT2D eigenvalue weighted by Gasteiger charge is 2.23. The van der Waals surface area contributed by atoms with Gasteiger partial charge in [-0.15, -0.1) is 0 Å². The average Bonchev–Trinajstić information content (AvgIpc) is 2.56. The SMILES string of the molecule is CC(Cc1ccc(Oc2ncccn2)cc1)CN1CC(C)OC(C)C1. The molecule has 5 nitrogen and oxygen atoms in total. The second-order valence-corrected chi connectivity index (χ2v) is 7.06. The van der Waals surface area contributed by atoms with Crippen LogP contribution in [0.1, 0.15) is 26.3 Å². The van der Waals surface area contributed by atoms with E-state index in [-0.39, 0.29) is 0 Å². The van der Waals surface area contributed by atoms with Crippen LogP contribution >= 0.6 is 0 Å². The smallest absolute Gasteiger partial charge is 0.321 e. The maximum absolute atomic E-state index is 5.81. The first-order valence-corrected chi connectivity index (χ1v) is 9.00. The molecule has 1 fully saturated rings. The Bertz CT molecular complexity index is 638. The molecule has 134 valence electrons. The van der Waals surface area contributed by atoms with Gasteiger partial charge in [-0.1, -0.05) is 19.1 Å². The van der Waals surface area contributed by atoms with Crippen LogP contribution in [0.3, 0.4) is 0 Å². The number of aromatic nitrogens is 2. The summed E-state index contributed by atoms with van der Waals surface area (Å²) in [6, 6.07) is 10.4. The highest BCUT2D eigenvalue weighted by molar-refractivity contribution is 5.29. The van der Waals surface area contributed by atoms with Crippen molar-refractivity contribution < 1.29 is 9.47 Å². The van der Waals surface area contributed by atoms with E-state index in [2.05, 4.69) is 47.8 Å². The Hall–Kier alpha value is -1.98. The number of benzene rings is 1. The van der Waals surface area contributed by atoms with E-state index in [1.54, 1.807) is 18.5 Å². The summed E-state index contributed by atoms with van der Waals surface area (Å²) in [5, 5.41) is 0. The number of rotatable bonds is 6. The minimum absolute atomic E-state index is 0.326. The van der Waals surface area contributed by atoms with Crippen LogP contribution in [0.5, 0.6) is 11.8 Å². The predicted molar refractivity (Wildman–Crippen MR) is 97.9 cm³/mol. The molecule has 2 aromatic rings. The molecule has 3 unspecified atom stereocenters. The fourth-order valence-corrected chi connectivity index (χ4v) is 3.48. The molecule has 0 saturated carbocycles. The fraction of sp³-hybridized carbons (Fsp3) is 0.500. The molecule has 0 radical (unpaired) electrons. The summed E-state index contributed by atoms with van der Waals surface area (Å²) >= 11 is 0. The lowest BCUT2D eigenvalue weighted by Gasteiger charge is -2.36. The van der Waals surface area contributed by atoms with Crippen molar-refractivity contribution in [1.82, 2.24) is 14.9 Å². The Kier molecular flexibility index (Phi) is 6.00. The Labute approximate surface area is 150 Å². The van der Waals surface area contributed by atoms with E-state index in [0.29, 0.717) is 24.1 Å². The average molecular weight is 341 g/mol. The minimum Gasteiger partial charge on any atom is -0.424 e. The van der Waals surface area contributed by atoms with Crippen LogP contribution in [-0.4, -0.2) is 46.7 Å². The van der Waals surface area contributed by atoms with Crippen molar-refractivity contribution in [1.29, 1.82) is 0 Å². The van der Waals surface area contributed by atoms with Crippen molar-refractivity contribution >= 4 is 0 Å². The van der Waals surface area contributed by atoms with Crippen LogP contribution in [-0.2, 0) is 11.2 Å². The van der Waals surface area contributed by atoms with Crippen LogP contribution in [0.15, 0.2) is 42.7 Å². The molecule has 0 N–H and O–H groups in total. The van der Waals surface area contributed by atoms with Crippen LogP contribution in [0, 0.1) is 5.92 Å². The van der Waals surface area contributed by atoms with Gasteiger partial charge < -0.3 is 9.47 Å². The van der Waals surface area contributed by atoms with Crippen molar-refractivity contribution in [2.45, 2.75) is 39.4 Å². The quantitative estimate of drug-likeness (QED) is 0.804. The second-order valence-electron chi connectivity index (χ2n) is 7.06. The highest BCUT2D eigenvalue weighted by atomic mass is 16.5. The summed E-state index contributed by atoms with van der Waals surface area (Å²) in [7, 11) is 0. The van der Waals surface area contributed by atoms with Crippen LogP contribution in [0.25, 0.3) is 0 Å². The number of morpholine rings is 1. The Morgan fingerprint density at radius 2 is 1.76 bits per heavy atom. The molecule has 25 heavy (non-hydrogen) atoms. The lowest BCUT2D eigenvalue weighted by Crippen LogP contribution is -2.47.